The zero-order valence-corrected chi connectivity index (χ0v) is 12.6. The zero-order chi connectivity index (χ0) is 13.7. The van der Waals surface area contributed by atoms with Crippen molar-refractivity contribution in [2.75, 3.05) is 26.2 Å². The normalized spacial score (nSPS) is 18.3. The van der Waals surface area contributed by atoms with Crippen LogP contribution in [0, 0.1) is 12.8 Å². The van der Waals surface area contributed by atoms with Gasteiger partial charge in [-0.2, -0.15) is 5.10 Å². The minimum absolute atomic E-state index is 0.695. The second-order valence-electron chi connectivity index (χ2n) is 6.20. The summed E-state index contributed by atoms with van der Waals surface area (Å²) in [7, 11) is 0. The first-order valence-electron chi connectivity index (χ1n) is 7.58. The number of aryl methyl sites for hydroxylation is 1. The van der Waals surface area contributed by atoms with Crippen LogP contribution in [0.4, 0.5) is 0 Å². The summed E-state index contributed by atoms with van der Waals surface area (Å²) in [5.41, 5.74) is 1.24. The Morgan fingerprint density at radius 2 is 2.11 bits per heavy atom. The number of nitrogens with one attached hydrogen (secondary N) is 1. The van der Waals surface area contributed by atoms with Gasteiger partial charge in [-0.05, 0) is 44.3 Å². The molecular weight excluding hydrogens is 236 g/mol. The highest BCUT2D eigenvalue weighted by atomic mass is 15.3. The van der Waals surface area contributed by atoms with E-state index in [1.54, 1.807) is 0 Å². The van der Waals surface area contributed by atoms with Crippen LogP contribution in [-0.4, -0.2) is 46.9 Å². The first-order chi connectivity index (χ1) is 9.13. The van der Waals surface area contributed by atoms with Crippen LogP contribution in [0.5, 0.6) is 0 Å². The fourth-order valence-corrected chi connectivity index (χ4v) is 2.81. The summed E-state index contributed by atoms with van der Waals surface area (Å²) in [6, 6.07) is 0.695. The summed E-state index contributed by atoms with van der Waals surface area (Å²) in [5, 5.41) is 7.98. The molecule has 0 aliphatic carbocycles. The van der Waals surface area contributed by atoms with Crippen LogP contribution in [0.3, 0.4) is 0 Å². The van der Waals surface area contributed by atoms with Crippen molar-refractivity contribution in [3.63, 3.8) is 0 Å². The van der Waals surface area contributed by atoms with E-state index in [2.05, 4.69) is 42.3 Å². The lowest BCUT2D eigenvalue weighted by Crippen LogP contribution is -2.44. The Kier molecular flexibility index (Phi) is 5.40. The van der Waals surface area contributed by atoms with E-state index in [4.69, 9.17) is 0 Å². The average Bonchev–Trinajstić information content (AvgIpc) is 2.77. The van der Waals surface area contributed by atoms with Crippen molar-refractivity contribution < 1.29 is 0 Å². The Morgan fingerprint density at radius 1 is 1.37 bits per heavy atom. The molecule has 0 saturated carbocycles. The molecule has 2 heterocycles. The van der Waals surface area contributed by atoms with Gasteiger partial charge >= 0.3 is 0 Å². The fourth-order valence-electron chi connectivity index (χ4n) is 2.81. The highest BCUT2D eigenvalue weighted by Gasteiger charge is 2.18. The van der Waals surface area contributed by atoms with Crippen LogP contribution < -0.4 is 5.32 Å². The molecule has 1 aromatic heterocycles. The van der Waals surface area contributed by atoms with E-state index < -0.39 is 0 Å². The zero-order valence-electron chi connectivity index (χ0n) is 12.6. The van der Waals surface area contributed by atoms with Crippen molar-refractivity contribution in [2.45, 2.75) is 46.2 Å². The van der Waals surface area contributed by atoms with Crippen molar-refractivity contribution in [1.82, 2.24) is 20.0 Å². The van der Waals surface area contributed by atoms with Gasteiger partial charge in [0, 0.05) is 25.3 Å². The summed E-state index contributed by atoms with van der Waals surface area (Å²) in [6.07, 6.45) is 6.59. The van der Waals surface area contributed by atoms with Gasteiger partial charge in [-0.1, -0.05) is 13.8 Å². The predicted molar refractivity (Wildman–Crippen MR) is 79.3 cm³/mol. The molecule has 0 amide bonds. The SMILES string of the molecule is Cc1cnn(CCNC2CCN(CC(C)C)CC2)c1. The molecule has 0 aromatic carbocycles. The maximum Gasteiger partial charge on any atom is 0.0534 e. The highest BCUT2D eigenvalue weighted by Crippen LogP contribution is 2.11. The number of piperidine rings is 1. The van der Waals surface area contributed by atoms with Crippen molar-refractivity contribution >= 4 is 0 Å². The van der Waals surface area contributed by atoms with Crippen molar-refractivity contribution in [3.8, 4) is 0 Å². The lowest BCUT2D eigenvalue weighted by Gasteiger charge is -2.33. The predicted octanol–water partition coefficient (Wildman–Crippen LogP) is 1.90. The summed E-state index contributed by atoms with van der Waals surface area (Å²) >= 11 is 0. The average molecular weight is 264 g/mol. The van der Waals surface area contributed by atoms with E-state index in [0.29, 0.717) is 6.04 Å². The number of aromatic nitrogens is 2. The maximum atomic E-state index is 4.31. The topological polar surface area (TPSA) is 33.1 Å². The molecule has 0 radical (unpaired) electrons. The monoisotopic (exact) mass is 264 g/mol. The van der Waals surface area contributed by atoms with Crippen LogP contribution in [0.15, 0.2) is 12.4 Å². The first kappa shape index (κ1) is 14.5. The van der Waals surface area contributed by atoms with Gasteiger partial charge in [0.05, 0.1) is 12.7 Å². The molecule has 0 bridgehead atoms. The Morgan fingerprint density at radius 3 is 2.68 bits per heavy atom. The van der Waals surface area contributed by atoms with Crippen LogP contribution in [0.2, 0.25) is 0 Å². The third-order valence-corrected chi connectivity index (χ3v) is 3.75. The smallest absolute Gasteiger partial charge is 0.0534 e. The molecule has 1 aliphatic rings. The Balaban J connectivity index is 1.60. The van der Waals surface area contributed by atoms with Crippen LogP contribution in [0.25, 0.3) is 0 Å². The van der Waals surface area contributed by atoms with E-state index >= 15 is 0 Å². The molecule has 4 heteroatoms. The quantitative estimate of drug-likeness (QED) is 0.852. The van der Waals surface area contributed by atoms with E-state index in [1.807, 2.05) is 10.9 Å². The molecule has 2 rings (SSSR count). The van der Waals surface area contributed by atoms with Crippen LogP contribution in [-0.2, 0) is 6.54 Å². The van der Waals surface area contributed by atoms with Gasteiger partial charge in [0.25, 0.3) is 0 Å². The minimum Gasteiger partial charge on any atom is -0.312 e. The van der Waals surface area contributed by atoms with Gasteiger partial charge in [-0.3, -0.25) is 4.68 Å². The van der Waals surface area contributed by atoms with Crippen molar-refractivity contribution in [1.29, 1.82) is 0 Å². The summed E-state index contributed by atoms with van der Waals surface area (Å²) < 4.78 is 2.02. The van der Waals surface area contributed by atoms with E-state index in [1.165, 1.54) is 38.0 Å². The molecule has 0 spiro atoms. The van der Waals surface area contributed by atoms with Crippen LogP contribution in [0.1, 0.15) is 32.3 Å². The van der Waals surface area contributed by atoms with E-state index in [9.17, 15) is 0 Å². The molecule has 19 heavy (non-hydrogen) atoms. The third kappa shape index (κ3) is 4.96. The van der Waals surface area contributed by atoms with Crippen molar-refractivity contribution in [3.05, 3.63) is 18.0 Å². The largest absolute Gasteiger partial charge is 0.312 e. The first-order valence-corrected chi connectivity index (χ1v) is 7.58. The molecule has 1 saturated heterocycles. The Labute approximate surface area is 117 Å². The molecular formula is C15H28N4. The summed E-state index contributed by atoms with van der Waals surface area (Å²) in [4.78, 5) is 2.60. The Hall–Kier alpha value is -0.870. The minimum atomic E-state index is 0.695. The van der Waals surface area contributed by atoms with Gasteiger partial charge in [0.15, 0.2) is 0 Å². The van der Waals surface area contributed by atoms with Gasteiger partial charge in [0.2, 0.25) is 0 Å². The van der Waals surface area contributed by atoms with Gasteiger partial charge < -0.3 is 10.2 Å². The van der Waals surface area contributed by atoms with Gasteiger partial charge in [0.1, 0.15) is 0 Å². The van der Waals surface area contributed by atoms with Crippen molar-refractivity contribution in [2.24, 2.45) is 5.92 Å². The second-order valence-corrected chi connectivity index (χ2v) is 6.20. The molecule has 1 fully saturated rings. The lowest BCUT2D eigenvalue weighted by atomic mass is 10.0. The standard InChI is InChI=1S/C15H28N4/c1-13(2)11-18-7-4-15(5-8-18)16-6-9-19-12-14(3)10-17-19/h10,12-13,15-16H,4-9,11H2,1-3H3. The third-order valence-electron chi connectivity index (χ3n) is 3.75. The number of likely N-dealkylation sites (tertiary alicyclic amines) is 1. The van der Waals surface area contributed by atoms with E-state index in [-0.39, 0.29) is 0 Å². The molecule has 1 aromatic rings. The van der Waals surface area contributed by atoms with Crippen LogP contribution >= 0.6 is 0 Å². The number of nitrogens with zero attached hydrogens (tertiary/aromatic N) is 3. The highest BCUT2D eigenvalue weighted by molar-refractivity contribution is 4.99. The van der Waals surface area contributed by atoms with E-state index in [0.717, 1.165) is 19.0 Å². The number of hydrogen-bond acceptors (Lipinski definition) is 3. The summed E-state index contributed by atoms with van der Waals surface area (Å²) in [5.74, 6) is 0.785. The molecule has 4 nitrogen and oxygen atoms in total. The molecule has 108 valence electrons. The lowest BCUT2D eigenvalue weighted by molar-refractivity contribution is 0.179. The fraction of sp³-hybridized carbons (Fsp3) is 0.800. The molecule has 1 N–H and O–H groups in total. The number of rotatable bonds is 6. The van der Waals surface area contributed by atoms with Gasteiger partial charge in [-0.25, -0.2) is 0 Å². The Bertz CT molecular complexity index is 364. The number of hydrogen-bond donors (Lipinski definition) is 1. The molecule has 1 aliphatic heterocycles. The second kappa shape index (κ2) is 7.06. The maximum absolute atomic E-state index is 4.31. The molecule has 0 unspecified atom stereocenters. The summed E-state index contributed by atoms with van der Waals surface area (Å²) in [6.45, 7) is 12.4. The molecule has 0 atom stereocenters. The van der Waals surface area contributed by atoms with Gasteiger partial charge in [-0.15, -0.1) is 0 Å².